The monoisotopic (exact) mass is 707 g/mol. The highest BCUT2D eigenvalue weighted by molar-refractivity contribution is 5.98. The number of rotatable bonds is 9. The Hall–Kier alpha value is -7.10. The molecule has 8 aromatic carbocycles. The predicted molar refractivity (Wildman–Crippen MR) is 233 cm³/mol. The van der Waals surface area contributed by atoms with Crippen molar-refractivity contribution in [2.45, 2.75) is 13.8 Å². The molecule has 0 amide bonds. The first kappa shape index (κ1) is 33.7. The highest BCUT2D eigenvalue weighted by Crippen LogP contribution is 2.46. The summed E-state index contributed by atoms with van der Waals surface area (Å²) in [6.45, 7) is 4.46. The molecule has 0 aliphatic rings. The van der Waals surface area contributed by atoms with Crippen molar-refractivity contribution in [2.75, 3.05) is 9.80 Å². The van der Waals surface area contributed by atoms with Crippen molar-refractivity contribution < 1.29 is 0 Å². The van der Waals surface area contributed by atoms with Gasteiger partial charge in [0.15, 0.2) is 0 Å². The summed E-state index contributed by atoms with van der Waals surface area (Å²) in [6, 6.07) is 76.1. The van der Waals surface area contributed by atoms with Gasteiger partial charge in [0.2, 0.25) is 0 Å². The molecule has 0 unspecified atom stereocenters. The van der Waals surface area contributed by atoms with Crippen LogP contribution in [-0.4, -0.2) is 4.57 Å². The molecule has 0 bridgehead atoms. The summed E-state index contributed by atoms with van der Waals surface area (Å²) in [7, 11) is 0. The molecule has 9 rings (SSSR count). The number of aromatic nitrogens is 1. The molecule has 264 valence electrons. The fourth-order valence-electron chi connectivity index (χ4n) is 7.79. The molecule has 0 aliphatic heterocycles. The zero-order valence-corrected chi connectivity index (χ0v) is 31.0. The van der Waals surface area contributed by atoms with Crippen LogP contribution in [0.25, 0.3) is 38.8 Å². The molecule has 55 heavy (non-hydrogen) atoms. The van der Waals surface area contributed by atoms with Crippen molar-refractivity contribution in [3.63, 3.8) is 0 Å². The molecule has 3 heteroatoms. The number of para-hydroxylation sites is 4. The Labute approximate surface area is 323 Å². The maximum atomic E-state index is 2.42. The lowest BCUT2D eigenvalue weighted by molar-refractivity contribution is 1.06. The van der Waals surface area contributed by atoms with E-state index in [9.17, 15) is 0 Å². The standard InChI is InChI=1S/C52H41N3/c1-38-20-18-19-31-50(38)54(45-27-14-6-15-28-45)52-39(2)49-37-47(32-33-51(49)55(52)46-29-16-7-17-30-46)53(44-25-12-5-13-26-44)48-35-42(40-21-8-3-9-22-40)34-43(36-48)41-23-10-4-11-24-41/h3-37H,1-2H3. The molecular formula is C52H41N3. The number of nitrogens with zero attached hydrogens (tertiary/aromatic N) is 3. The van der Waals surface area contributed by atoms with Crippen molar-refractivity contribution in [2.24, 2.45) is 0 Å². The highest BCUT2D eigenvalue weighted by atomic mass is 15.3. The molecule has 0 atom stereocenters. The second kappa shape index (κ2) is 14.7. The van der Waals surface area contributed by atoms with Crippen molar-refractivity contribution >= 4 is 45.2 Å². The second-order valence-corrected chi connectivity index (χ2v) is 14.0. The van der Waals surface area contributed by atoms with Gasteiger partial charge in [0, 0.05) is 39.4 Å². The van der Waals surface area contributed by atoms with Crippen LogP contribution in [0.2, 0.25) is 0 Å². The van der Waals surface area contributed by atoms with Gasteiger partial charge in [-0.05, 0) is 121 Å². The van der Waals surface area contributed by atoms with Crippen molar-refractivity contribution in [3.8, 4) is 27.9 Å². The average molecular weight is 708 g/mol. The topological polar surface area (TPSA) is 11.4 Å². The summed E-state index contributed by atoms with van der Waals surface area (Å²) in [5.74, 6) is 1.11. The molecule has 1 heterocycles. The zero-order valence-electron chi connectivity index (χ0n) is 31.0. The third kappa shape index (κ3) is 6.47. The Morgan fingerprint density at radius 1 is 0.364 bits per heavy atom. The first-order valence-electron chi connectivity index (χ1n) is 18.9. The quantitative estimate of drug-likeness (QED) is 0.148. The van der Waals surface area contributed by atoms with Gasteiger partial charge >= 0.3 is 0 Å². The first-order valence-corrected chi connectivity index (χ1v) is 18.9. The Morgan fingerprint density at radius 3 is 1.42 bits per heavy atom. The summed E-state index contributed by atoms with van der Waals surface area (Å²) in [6.07, 6.45) is 0. The maximum Gasteiger partial charge on any atom is 0.126 e. The van der Waals surface area contributed by atoms with Crippen molar-refractivity contribution in [3.05, 3.63) is 223 Å². The van der Waals surface area contributed by atoms with E-state index in [1.165, 1.54) is 38.8 Å². The molecule has 0 saturated heterocycles. The van der Waals surface area contributed by atoms with Gasteiger partial charge < -0.3 is 4.90 Å². The largest absolute Gasteiger partial charge is 0.310 e. The van der Waals surface area contributed by atoms with E-state index in [0.29, 0.717) is 0 Å². The number of hydrogen-bond acceptors (Lipinski definition) is 2. The number of anilines is 6. The van der Waals surface area contributed by atoms with E-state index in [1.807, 2.05) is 0 Å². The maximum absolute atomic E-state index is 2.42. The fourth-order valence-corrected chi connectivity index (χ4v) is 7.79. The van der Waals surface area contributed by atoms with Gasteiger partial charge in [0.05, 0.1) is 11.2 Å². The van der Waals surface area contributed by atoms with Gasteiger partial charge in [-0.2, -0.15) is 0 Å². The van der Waals surface area contributed by atoms with Gasteiger partial charge in [-0.15, -0.1) is 0 Å². The van der Waals surface area contributed by atoms with E-state index in [0.717, 1.165) is 45.5 Å². The lowest BCUT2D eigenvalue weighted by Crippen LogP contribution is -2.16. The SMILES string of the molecule is Cc1ccccc1N(c1ccccc1)c1c(C)c2cc(N(c3ccccc3)c3cc(-c4ccccc4)cc(-c4ccccc4)c3)ccc2n1-c1ccccc1. The van der Waals surface area contributed by atoms with Crippen LogP contribution < -0.4 is 9.80 Å². The van der Waals surface area contributed by atoms with Gasteiger partial charge in [-0.1, -0.05) is 133 Å². The Balaban J connectivity index is 1.31. The van der Waals surface area contributed by atoms with Gasteiger partial charge in [-0.3, -0.25) is 9.47 Å². The Morgan fingerprint density at radius 2 is 0.855 bits per heavy atom. The summed E-state index contributed by atoms with van der Waals surface area (Å²) < 4.78 is 2.42. The van der Waals surface area contributed by atoms with Crippen LogP contribution in [0.1, 0.15) is 11.1 Å². The van der Waals surface area contributed by atoms with Crippen molar-refractivity contribution in [1.82, 2.24) is 4.57 Å². The molecule has 0 N–H and O–H groups in total. The summed E-state index contributed by atoms with van der Waals surface area (Å²) in [5.41, 5.74) is 14.9. The van der Waals surface area contributed by atoms with E-state index >= 15 is 0 Å². The highest BCUT2D eigenvalue weighted by Gasteiger charge is 2.26. The molecule has 0 spiro atoms. The summed E-state index contributed by atoms with van der Waals surface area (Å²) in [4.78, 5) is 4.81. The molecule has 0 saturated carbocycles. The first-order chi connectivity index (χ1) is 27.1. The number of hydrogen-bond donors (Lipinski definition) is 0. The number of aryl methyl sites for hydroxylation is 2. The molecule has 0 fully saturated rings. The molecule has 9 aromatic rings. The smallest absolute Gasteiger partial charge is 0.126 e. The minimum Gasteiger partial charge on any atom is -0.310 e. The van der Waals surface area contributed by atoms with Gasteiger partial charge in [0.1, 0.15) is 5.82 Å². The summed E-state index contributed by atoms with van der Waals surface area (Å²) in [5, 5.41) is 1.19. The van der Waals surface area contributed by atoms with Gasteiger partial charge in [0.25, 0.3) is 0 Å². The van der Waals surface area contributed by atoms with Crippen molar-refractivity contribution in [1.29, 1.82) is 0 Å². The normalized spacial score (nSPS) is 11.1. The van der Waals surface area contributed by atoms with Crippen LogP contribution in [-0.2, 0) is 0 Å². The number of fused-ring (bicyclic) bond motifs is 1. The van der Waals surface area contributed by atoms with Crippen LogP contribution >= 0.6 is 0 Å². The molecule has 0 aliphatic carbocycles. The average Bonchev–Trinajstić information content (AvgIpc) is 3.54. The van der Waals surface area contributed by atoms with Gasteiger partial charge in [-0.25, -0.2) is 0 Å². The lowest BCUT2D eigenvalue weighted by Gasteiger charge is -2.29. The molecule has 1 aromatic heterocycles. The third-order valence-corrected chi connectivity index (χ3v) is 10.4. The van der Waals surface area contributed by atoms with E-state index in [4.69, 9.17) is 0 Å². The van der Waals surface area contributed by atoms with E-state index in [1.54, 1.807) is 0 Å². The molecule has 0 radical (unpaired) electrons. The van der Waals surface area contributed by atoms with E-state index < -0.39 is 0 Å². The van der Waals surface area contributed by atoms with Crippen LogP contribution in [0.15, 0.2) is 212 Å². The van der Waals surface area contributed by atoms with Crippen LogP contribution in [0, 0.1) is 13.8 Å². The summed E-state index contributed by atoms with van der Waals surface area (Å²) >= 11 is 0. The molecular weight excluding hydrogens is 667 g/mol. The van der Waals surface area contributed by atoms with Crippen LogP contribution in [0.3, 0.4) is 0 Å². The second-order valence-electron chi connectivity index (χ2n) is 14.0. The number of benzene rings is 8. The fraction of sp³-hybridized carbons (Fsp3) is 0.0385. The zero-order chi connectivity index (χ0) is 37.1. The minimum atomic E-state index is 1.09. The van der Waals surface area contributed by atoms with Crippen LogP contribution in [0.4, 0.5) is 34.3 Å². The Bertz CT molecular complexity index is 2650. The van der Waals surface area contributed by atoms with Crippen LogP contribution in [0.5, 0.6) is 0 Å². The third-order valence-electron chi connectivity index (χ3n) is 10.4. The molecule has 3 nitrogen and oxygen atoms in total. The van der Waals surface area contributed by atoms with E-state index in [-0.39, 0.29) is 0 Å². The Kier molecular flexibility index (Phi) is 9.03. The predicted octanol–water partition coefficient (Wildman–Crippen LogP) is 14.5. The van der Waals surface area contributed by atoms with E-state index in [2.05, 4.69) is 241 Å². The minimum absolute atomic E-state index is 1.09. The lowest BCUT2D eigenvalue weighted by atomic mass is 9.97.